The van der Waals surface area contributed by atoms with E-state index in [1.807, 2.05) is 31.2 Å². The van der Waals surface area contributed by atoms with Crippen molar-refractivity contribution in [3.8, 4) is 5.75 Å². The lowest BCUT2D eigenvalue weighted by Crippen LogP contribution is -2.24. The van der Waals surface area contributed by atoms with Gasteiger partial charge in [0, 0.05) is 6.04 Å². The Bertz CT molecular complexity index is 598. The lowest BCUT2D eigenvalue weighted by Gasteiger charge is -2.21. The molecular formula is C18H22FNO. The van der Waals surface area contributed by atoms with Gasteiger partial charge in [-0.25, -0.2) is 4.39 Å². The Morgan fingerprint density at radius 3 is 2.71 bits per heavy atom. The molecule has 0 heterocycles. The van der Waals surface area contributed by atoms with E-state index in [4.69, 9.17) is 4.74 Å². The highest BCUT2D eigenvalue weighted by Crippen LogP contribution is 2.24. The summed E-state index contributed by atoms with van der Waals surface area (Å²) in [5.74, 6) is 0.655. The maximum Gasteiger partial charge on any atom is 0.123 e. The van der Waals surface area contributed by atoms with E-state index in [-0.39, 0.29) is 11.9 Å². The van der Waals surface area contributed by atoms with Gasteiger partial charge in [-0.05, 0) is 60.8 Å². The molecule has 1 atom stereocenters. The van der Waals surface area contributed by atoms with Crippen molar-refractivity contribution < 1.29 is 9.13 Å². The van der Waals surface area contributed by atoms with Crippen LogP contribution in [0.3, 0.4) is 0 Å². The number of ether oxygens (including phenoxy) is 1. The van der Waals surface area contributed by atoms with Gasteiger partial charge in [-0.1, -0.05) is 25.1 Å². The van der Waals surface area contributed by atoms with E-state index in [2.05, 4.69) is 18.3 Å². The van der Waals surface area contributed by atoms with E-state index < -0.39 is 0 Å². The molecule has 0 aliphatic carbocycles. The Hall–Kier alpha value is -1.87. The Morgan fingerprint density at radius 1 is 1.19 bits per heavy atom. The molecule has 0 aliphatic rings. The standard InChI is InChI=1S/C18H22FNO/c1-4-20-18(17-12-15(19)9-8-13(17)2)11-14-6-5-7-16(10-14)21-3/h5-10,12,18,20H,4,11H2,1-3H3. The van der Waals surface area contributed by atoms with Crippen LogP contribution < -0.4 is 10.1 Å². The second-order valence-corrected chi connectivity index (χ2v) is 5.17. The normalized spacial score (nSPS) is 12.2. The first kappa shape index (κ1) is 15.5. The number of rotatable bonds is 6. The summed E-state index contributed by atoms with van der Waals surface area (Å²) in [7, 11) is 1.66. The Morgan fingerprint density at radius 2 is 2.00 bits per heavy atom. The number of aryl methyl sites for hydroxylation is 1. The van der Waals surface area contributed by atoms with Gasteiger partial charge in [0.15, 0.2) is 0 Å². The van der Waals surface area contributed by atoms with Gasteiger partial charge in [0.1, 0.15) is 11.6 Å². The first-order chi connectivity index (χ1) is 10.1. The van der Waals surface area contributed by atoms with Crippen molar-refractivity contribution >= 4 is 0 Å². The molecule has 0 radical (unpaired) electrons. The summed E-state index contributed by atoms with van der Waals surface area (Å²) < 4.78 is 18.8. The molecule has 21 heavy (non-hydrogen) atoms. The third-order valence-electron chi connectivity index (χ3n) is 3.64. The monoisotopic (exact) mass is 287 g/mol. The molecule has 2 nitrogen and oxygen atoms in total. The molecule has 0 amide bonds. The third-order valence-corrected chi connectivity index (χ3v) is 3.64. The minimum absolute atomic E-state index is 0.0952. The first-order valence-electron chi connectivity index (χ1n) is 7.26. The first-order valence-corrected chi connectivity index (χ1v) is 7.26. The molecule has 0 bridgehead atoms. The van der Waals surface area contributed by atoms with Crippen LogP contribution in [-0.2, 0) is 6.42 Å². The van der Waals surface area contributed by atoms with Crippen LogP contribution in [0.25, 0.3) is 0 Å². The molecule has 2 aromatic carbocycles. The molecule has 3 heteroatoms. The zero-order valence-electron chi connectivity index (χ0n) is 12.8. The summed E-state index contributed by atoms with van der Waals surface area (Å²) in [5, 5.41) is 3.45. The molecule has 0 aliphatic heterocycles. The molecule has 0 aromatic heterocycles. The molecule has 0 fully saturated rings. The van der Waals surface area contributed by atoms with Gasteiger partial charge in [-0.15, -0.1) is 0 Å². The van der Waals surface area contributed by atoms with Gasteiger partial charge in [0.25, 0.3) is 0 Å². The van der Waals surface area contributed by atoms with Crippen molar-refractivity contribution in [1.82, 2.24) is 5.32 Å². The maximum absolute atomic E-state index is 13.6. The molecule has 1 N–H and O–H groups in total. The summed E-state index contributed by atoms with van der Waals surface area (Å²) >= 11 is 0. The number of methoxy groups -OCH3 is 1. The number of hydrogen-bond acceptors (Lipinski definition) is 2. The largest absolute Gasteiger partial charge is 0.497 e. The van der Waals surface area contributed by atoms with Crippen molar-refractivity contribution in [2.75, 3.05) is 13.7 Å². The summed E-state index contributed by atoms with van der Waals surface area (Å²) in [5.41, 5.74) is 3.29. The molecule has 0 saturated heterocycles. The number of nitrogens with one attached hydrogen (secondary N) is 1. The van der Waals surface area contributed by atoms with Crippen molar-refractivity contribution in [2.24, 2.45) is 0 Å². The van der Waals surface area contributed by atoms with Gasteiger partial charge in [-0.3, -0.25) is 0 Å². The second-order valence-electron chi connectivity index (χ2n) is 5.17. The summed E-state index contributed by atoms with van der Waals surface area (Å²) in [6.45, 7) is 4.92. The maximum atomic E-state index is 13.6. The fraction of sp³-hybridized carbons (Fsp3) is 0.333. The van der Waals surface area contributed by atoms with Gasteiger partial charge in [0.2, 0.25) is 0 Å². The van der Waals surface area contributed by atoms with Crippen LogP contribution in [0, 0.1) is 12.7 Å². The Labute approximate surface area is 126 Å². The smallest absolute Gasteiger partial charge is 0.123 e. The molecule has 112 valence electrons. The highest BCUT2D eigenvalue weighted by molar-refractivity contribution is 5.33. The summed E-state index contributed by atoms with van der Waals surface area (Å²) in [6, 6.07) is 13.1. The zero-order chi connectivity index (χ0) is 15.2. The summed E-state index contributed by atoms with van der Waals surface area (Å²) in [4.78, 5) is 0. The zero-order valence-corrected chi connectivity index (χ0v) is 12.8. The average molecular weight is 287 g/mol. The number of benzene rings is 2. The van der Waals surface area contributed by atoms with E-state index in [1.54, 1.807) is 13.2 Å². The number of hydrogen-bond donors (Lipinski definition) is 1. The van der Waals surface area contributed by atoms with Crippen LogP contribution in [0.15, 0.2) is 42.5 Å². The van der Waals surface area contributed by atoms with Gasteiger partial charge < -0.3 is 10.1 Å². The average Bonchev–Trinajstić information content (AvgIpc) is 2.49. The highest BCUT2D eigenvalue weighted by atomic mass is 19.1. The van der Waals surface area contributed by atoms with Crippen LogP contribution in [0.5, 0.6) is 5.75 Å². The van der Waals surface area contributed by atoms with E-state index in [0.29, 0.717) is 0 Å². The molecule has 2 rings (SSSR count). The lowest BCUT2D eigenvalue weighted by molar-refractivity contribution is 0.414. The van der Waals surface area contributed by atoms with Crippen molar-refractivity contribution in [3.63, 3.8) is 0 Å². The molecule has 0 spiro atoms. The quantitative estimate of drug-likeness (QED) is 0.866. The molecular weight excluding hydrogens is 265 g/mol. The van der Waals surface area contributed by atoms with E-state index in [0.717, 1.165) is 29.8 Å². The SMILES string of the molecule is CCNC(Cc1cccc(OC)c1)c1cc(F)ccc1C. The van der Waals surface area contributed by atoms with Crippen molar-refractivity contribution in [1.29, 1.82) is 0 Å². The molecule has 1 unspecified atom stereocenters. The number of halogens is 1. The second kappa shape index (κ2) is 7.23. The van der Waals surface area contributed by atoms with Crippen LogP contribution in [-0.4, -0.2) is 13.7 Å². The Kier molecular flexibility index (Phi) is 5.34. The fourth-order valence-corrected chi connectivity index (χ4v) is 2.56. The number of likely N-dealkylation sites (N-methyl/N-ethyl adjacent to an activating group) is 1. The van der Waals surface area contributed by atoms with Crippen LogP contribution in [0.2, 0.25) is 0 Å². The minimum atomic E-state index is -0.191. The van der Waals surface area contributed by atoms with E-state index in [9.17, 15) is 4.39 Å². The lowest BCUT2D eigenvalue weighted by atomic mass is 9.95. The summed E-state index contributed by atoms with van der Waals surface area (Å²) in [6.07, 6.45) is 0.801. The topological polar surface area (TPSA) is 21.3 Å². The van der Waals surface area contributed by atoms with Crippen LogP contribution in [0.4, 0.5) is 4.39 Å². The Balaban J connectivity index is 2.28. The fourth-order valence-electron chi connectivity index (χ4n) is 2.56. The molecule has 2 aromatic rings. The van der Waals surface area contributed by atoms with Gasteiger partial charge >= 0.3 is 0 Å². The van der Waals surface area contributed by atoms with Crippen LogP contribution >= 0.6 is 0 Å². The van der Waals surface area contributed by atoms with E-state index in [1.165, 1.54) is 11.6 Å². The van der Waals surface area contributed by atoms with Crippen molar-refractivity contribution in [3.05, 3.63) is 65.0 Å². The highest BCUT2D eigenvalue weighted by Gasteiger charge is 2.14. The predicted octanol–water partition coefficient (Wildman–Crippen LogP) is 4.04. The minimum Gasteiger partial charge on any atom is -0.497 e. The predicted molar refractivity (Wildman–Crippen MR) is 84.3 cm³/mol. The van der Waals surface area contributed by atoms with Crippen LogP contribution in [0.1, 0.15) is 29.7 Å². The van der Waals surface area contributed by atoms with E-state index >= 15 is 0 Å². The van der Waals surface area contributed by atoms with Gasteiger partial charge in [0.05, 0.1) is 7.11 Å². The third kappa shape index (κ3) is 4.05. The van der Waals surface area contributed by atoms with Crippen molar-refractivity contribution in [2.45, 2.75) is 26.3 Å². The molecule has 0 saturated carbocycles. The van der Waals surface area contributed by atoms with Gasteiger partial charge in [-0.2, -0.15) is 0 Å².